The van der Waals surface area contributed by atoms with Crippen LogP contribution >= 0.6 is 34.5 Å². The van der Waals surface area contributed by atoms with Gasteiger partial charge in [0.25, 0.3) is 0 Å². The minimum Gasteiger partial charge on any atom is -0.443 e. The van der Waals surface area contributed by atoms with Crippen molar-refractivity contribution in [2.24, 2.45) is 0 Å². The van der Waals surface area contributed by atoms with Crippen LogP contribution < -0.4 is 5.32 Å². The number of aromatic nitrogens is 1. The molecule has 1 N–H and O–H groups in total. The van der Waals surface area contributed by atoms with Crippen molar-refractivity contribution < 1.29 is 4.42 Å². The number of hydrogen-bond acceptors (Lipinski definition) is 4. The maximum Gasteiger partial charge on any atom is 0.181 e. The van der Waals surface area contributed by atoms with Crippen LogP contribution in [0.4, 0.5) is 0 Å². The van der Waals surface area contributed by atoms with Gasteiger partial charge in [0.05, 0.1) is 9.90 Å². The first-order chi connectivity index (χ1) is 7.72. The van der Waals surface area contributed by atoms with Gasteiger partial charge in [-0.2, -0.15) is 0 Å². The average molecular weight is 277 g/mol. The Morgan fingerprint density at radius 3 is 2.94 bits per heavy atom. The average Bonchev–Trinajstić information content (AvgIpc) is 2.81. The lowest BCUT2D eigenvalue weighted by Gasteiger charge is -2.00. The first-order valence-electron chi connectivity index (χ1n) is 4.80. The van der Waals surface area contributed by atoms with E-state index in [9.17, 15) is 0 Å². The van der Waals surface area contributed by atoms with Gasteiger partial charge in [0.2, 0.25) is 0 Å². The summed E-state index contributed by atoms with van der Waals surface area (Å²) < 4.78 is 6.62. The zero-order valence-electron chi connectivity index (χ0n) is 8.59. The number of nitrogens with one attached hydrogen (secondary N) is 1. The molecule has 0 aromatic carbocycles. The lowest BCUT2D eigenvalue weighted by molar-refractivity contribution is 0.570. The van der Waals surface area contributed by atoms with Gasteiger partial charge in [-0.15, -0.1) is 11.3 Å². The van der Waals surface area contributed by atoms with Gasteiger partial charge >= 0.3 is 0 Å². The van der Waals surface area contributed by atoms with Crippen LogP contribution in [0.1, 0.15) is 12.6 Å². The minimum absolute atomic E-state index is 0.625. The Balaban J connectivity index is 2.33. The van der Waals surface area contributed by atoms with Crippen molar-refractivity contribution in [2.75, 3.05) is 6.54 Å². The summed E-state index contributed by atoms with van der Waals surface area (Å²) in [5, 5.41) is 3.19. The van der Waals surface area contributed by atoms with E-state index < -0.39 is 0 Å². The predicted octanol–water partition coefficient (Wildman–Crippen LogP) is 3.82. The first-order valence-corrected chi connectivity index (χ1v) is 6.38. The topological polar surface area (TPSA) is 38.1 Å². The maximum atomic E-state index is 6.07. The van der Waals surface area contributed by atoms with Crippen LogP contribution in [0.5, 0.6) is 0 Å². The Morgan fingerprint density at radius 2 is 2.31 bits per heavy atom. The van der Waals surface area contributed by atoms with Gasteiger partial charge in [-0.05, 0) is 12.6 Å². The fourth-order valence-corrected chi connectivity index (χ4v) is 2.81. The Kier molecular flexibility index (Phi) is 3.86. The highest BCUT2D eigenvalue weighted by Gasteiger charge is 2.16. The molecule has 0 atom stereocenters. The molecule has 2 aromatic rings. The summed E-state index contributed by atoms with van der Waals surface area (Å²) in [7, 11) is 0. The minimum atomic E-state index is 0.625. The monoisotopic (exact) mass is 276 g/mol. The van der Waals surface area contributed by atoms with Crippen LogP contribution in [0.25, 0.3) is 11.3 Å². The number of nitrogens with zero attached hydrogens (tertiary/aromatic N) is 1. The SMILES string of the molecule is CCNCc1ncoc1-c1cc(Cl)sc1Cl. The molecule has 0 saturated heterocycles. The molecule has 0 aliphatic carbocycles. The molecule has 0 radical (unpaired) electrons. The van der Waals surface area contributed by atoms with E-state index in [1.165, 1.54) is 17.7 Å². The summed E-state index contributed by atoms with van der Waals surface area (Å²) in [5.41, 5.74) is 1.65. The summed E-state index contributed by atoms with van der Waals surface area (Å²) >= 11 is 13.3. The lowest BCUT2D eigenvalue weighted by atomic mass is 10.2. The Hall–Kier alpha value is -0.550. The van der Waals surface area contributed by atoms with Gasteiger partial charge in [0.1, 0.15) is 10.0 Å². The second-order valence-corrected chi connectivity index (χ2v) is 5.43. The van der Waals surface area contributed by atoms with E-state index in [4.69, 9.17) is 27.6 Å². The summed E-state index contributed by atoms with van der Waals surface area (Å²) in [5.74, 6) is 0.689. The number of oxazole rings is 1. The molecule has 2 aromatic heterocycles. The van der Waals surface area contributed by atoms with E-state index in [2.05, 4.69) is 10.3 Å². The normalized spacial score (nSPS) is 10.9. The molecular weight excluding hydrogens is 267 g/mol. The highest BCUT2D eigenvalue weighted by Crippen LogP contribution is 2.39. The Morgan fingerprint density at radius 1 is 1.50 bits per heavy atom. The molecule has 2 heterocycles. The van der Waals surface area contributed by atoms with E-state index in [1.807, 2.05) is 6.92 Å². The molecule has 3 nitrogen and oxygen atoms in total. The molecule has 0 bridgehead atoms. The van der Waals surface area contributed by atoms with Crippen molar-refractivity contribution in [1.29, 1.82) is 0 Å². The molecule has 6 heteroatoms. The van der Waals surface area contributed by atoms with Crippen molar-refractivity contribution in [3.05, 3.63) is 26.8 Å². The standard InChI is InChI=1S/C10H10Cl2N2OS/c1-2-13-4-7-9(15-5-14-7)6-3-8(11)16-10(6)12/h3,5,13H,2,4H2,1H3. The van der Waals surface area contributed by atoms with E-state index in [1.54, 1.807) is 6.07 Å². The van der Waals surface area contributed by atoms with Gasteiger partial charge < -0.3 is 9.73 Å². The van der Waals surface area contributed by atoms with Crippen LogP contribution in [0.2, 0.25) is 8.67 Å². The van der Waals surface area contributed by atoms with Crippen molar-refractivity contribution >= 4 is 34.5 Å². The third-order valence-corrected chi connectivity index (χ3v) is 3.57. The maximum absolute atomic E-state index is 6.07. The zero-order valence-corrected chi connectivity index (χ0v) is 10.9. The molecular formula is C10H10Cl2N2OS. The molecule has 0 aliphatic heterocycles. The number of rotatable bonds is 4. The van der Waals surface area contributed by atoms with Gasteiger partial charge in [-0.25, -0.2) is 4.98 Å². The Labute approximate surface area is 107 Å². The van der Waals surface area contributed by atoms with E-state index in [-0.39, 0.29) is 0 Å². The lowest BCUT2D eigenvalue weighted by Crippen LogP contribution is -2.12. The number of thiophene rings is 1. The van der Waals surface area contributed by atoms with Gasteiger partial charge in [0.15, 0.2) is 12.2 Å². The van der Waals surface area contributed by atoms with Crippen LogP contribution in [0.15, 0.2) is 16.9 Å². The second kappa shape index (κ2) is 5.19. The molecule has 86 valence electrons. The molecule has 0 amide bonds. The second-order valence-electron chi connectivity index (χ2n) is 3.15. The predicted molar refractivity (Wildman–Crippen MR) is 67.2 cm³/mol. The molecule has 0 fully saturated rings. The molecule has 0 aliphatic rings. The van der Waals surface area contributed by atoms with Crippen LogP contribution in [0.3, 0.4) is 0 Å². The molecule has 0 unspecified atom stereocenters. The van der Waals surface area contributed by atoms with Crippen molar-refractivity contribution in [1.82, 2.24) is 10.3 Å². The van der Waals surface area contributed by atoms with E-state index in [0.717, 1.165) is 17.8 Å². The van der Waals surface area contributed by atoms with Gasteiger partial charge in [-0.3, -0.25) is 0 Å². The first kappa shape index (κ1) is 11.9. The number of hydrogen-bond donors (Lipinski definition) is 1. The van der Waals surface area contributed by atoms with E-state index in [0.29, 0.717) is 21.0 Å². The highest BCUT2D eigenvalue weighted by molar-refractivity contribution is 7.20. The van der Waals surface area contributed by atoms with Gasteiger partial charge in [-0.1, -0.05) is 30.1 Å². The van der Waals surface area contributed by atoms with Crippen molar-refractivity contribution in [2.45, 2.75) is 13.5 Å². The summed E-state index contributed by atoms with van der Waals surface area (Å²) in [4.78, 5) is 4.15. The molecule has 0 spiro atoms. The third-order valence-electron chi connectivity index (χ3n) is 2.08. The smallest absolute Gasteiger partial charge is 0.181 e. The van der Waals surface area contributed by atoms with Crippen LogP contribution in [-0.4, -0.2) is 11.5 Å². The molecule has 0 saturated carbocycles. The van der Waals surface area contributed by atoms with E-state index >= 15 is 0 Å². The summed E-state index contributed by atoms with van der Waals surface area (Å²) in [6.45, 7) is 3.57. The zero-order chi connectivity index (χ0) is 11.5. The van der Waals surface area contributed by atoms with Crippen molar-refractivity contribution in [3.8, 4) is 11.3 Å². The van der Waals surface area contributed by atoms with Crippen LogP contribution in [0, 0.1) is 0 Å². The Bertz CT molecular complexity index is 481. The fraction of sp³-hybridized carbons (Fsp3) is 0.300. The molecule has 2 rings (SSSR count). The summed E-state index contributed by atoms with van der Waals surface area (Å²) in [6.07, 6.45) is 1.42. The quantitative estimate of drug-likeness (QED) is 0.923. The fourth-order valence-electron chi connectivity index (χ4n) is 1.35. The summed E-state index contributed by atoms with van der Waals surface area (Å²) in [6, 6.07) is 1.80. The highest BCUT2D eigenvalue weighted by atomic mass is 35.5. The van der Waals surface area contributed by atoms with Crippen molar-refractivity contribution in [3.63, 3.8) is 0 Å². The number of halogens is 2. The molecule has 16 heavy (non-hydrogen) atoms. The van der Waals surface area contributed by atoms with Gasteiger partial charge in [0, 0.05) is 6.54 Å². The third kappa shape index (κ3) is 2.40. The van der Waals surface area contributed by atoms with Crippen LogP contribution in [-0.2, 0) is 6.54 Å². The largest absolute Gasteiger partial charge is 0.443 e.